The SMILES string of the molecule is C[C@@H](Cl)C(=O)NCc1ccc(-c2ncc(-c3ccc(F)cc3)[nH]2)cc1. The molecule has 3 aromatic rings. The van der Waals surface area contributed by atoms with Crippen LogP contribution < -0.4 is 5.32 Å². The molecule has 6 heteroatoms. The second-order valence-electron chi connectivity index (χ2n) is 5.68. The molecule has 0 unspecified atom stereocenters. The Kier molecular flexibility index (Phi) is 5.14. The van der Waals surface area contributed by atoms with E-state index in [0.717, 1.165) is 28.2 Å². The second-order valence-corrected chi connectivity index (χ2v) is 6.34. The third-order valence-corrected chi connectivity index (χ3v) is 3.98. The van der Waals surface area contributed by atoms with Gasteiger partial charge in [0, 0.05) is 12.1 Å². The molecule has 1 amide bonds. The summed E-state index contributed by atoms with van der Waals surface area (Å²) in [5.41, 5.74) is 3.59. The van der Waals surface area contributed by atoms with E-state index in [9.17, 15) is 9.18 Å². The van der Waals surface area contributed by atoms with Gasteiger partial charge in [-0.05, 0) is 42.3 Å². The number of aromatic nitrogens is 2. The lowest BCUT2D eigenvalue weighted by Gasteiger charge is -2.07. The Morgan fingerprint density at radius 3 is 2.44 bits per heavy atom. The first-order valence-corrected chi connectivity index (χ1v) is 8.28. The lowest BCUT2D eigenvalue weighted by atomic mass is 10.1. The fraction of sp³-hybridized carbons (Fsp3) is 0.158. The summed E-state index contributed by atoms with van der Waals surface area (Å²) in [6.45, 7) is 2.06. The van der Waals surface area contributed by atoms with Gasteiger partial charge in [0.1, 0.15) is 17.0 Å². The summed E-state index contributed by atoms with van der Waals surface area (Å²) in [6, 6.07) is 14.0. The van der Waals surface area contributed by atoms with Gasteiger partial charge in [0.05, 0.1) is 11.9 Å². The molecule has 1 aromatic heterocycles. The van der Waals surface area contributed by atoms with Crippen molar-refractivity contribution in [3.8, 4) is 22.6 Å². The number of H-pyrrole nitrogens is 1. The number of aromatic amines is 1. The van der Waals surface area contributed by atoms with Crippen LogP contribution in [0.15, 0.2) is 54.7 Å². The Morgan fingerprint density at radius 1 is 1.16 bits per heavy atom. The monoisotopic (exact) mass is 357 g/mol. The Balaban J connectivity index is 1.70. The highest BCUT2D eigenvalue weighted by Crippen LogP contribution is 2.22. The van der Waals surface area contributed by atoms with Crippen LogP contribution in [-0.2, 0) is 11.3 Å². The first kappa shape index (κ1) is 17.2. The number of nitrogens with one attached hydrogen (secondary N) is 2. The van der Waals surface area contributed by atoms with Crippen molar-refractivity contribution in [2.45, 2.75) is 18.8 Å². The van der Waals surface area contributed by atoms with E-state index in [1.54, 1.807) is 25.3 Å². The molecule has 2 N–H and O–H groups in total. The van der Waals surface area contributed by atoms with Gasteiger partial charge in [0.15, 0.2) is 0 Å². The number of halogens is 2. The van der Waals surface area contributed by atoms with Gasteiger partial charge in [-0.1, -0.05) is 24.3 Å². The van der Waals surface area contributed by atoms with E-state index in [1.165, 1.54) is 12.1 Å². The van der Waals surface area contributed by atoms with Crippen molar-refractivity contribution in [1.29, 1.82) is 0 Å². The van der Waals surface area contributed by atoms with Crippen LogP contribution in [0, 0.1) is 5.82 Å². The van der Waals surface area contributed by atoms with E-state index in [4.69, 9.17) is 11.6 Å². The van der Waals surface area contributed by atoms with Crippen LogP contribution in [0.3, 0.4) is 0 Å². The number of rotatable bonds is 5. The summed E-state index contributed by atoms with van der Waals surface area (Å²) in [5.74, 6) is 0.264. The van der Waals surface area contributed by atoms with Crippen molar-refractivity contribution < 1.29 is 9.18 Å². The summed E-state index contributed by atoms with van der Waals surface area (Å²) in [7, 11) is 0. The maximum atomic E-state index is 13.0. The molecule has 1 atom stereocenters. The van der Waals surface area contributed by atoms with Crippen molar-refractivity contribution in [3.63, 3.8) is 0 Å². The third-order valence-electron chi connectivity index (χ3n) is 3.79. The van der Waals surface area contributed by atoms with Crippen LogP contribution in [0.25, 0.3) is 22.6 Å². The zero-order chi connectivity index (χ0) is 17.8. The second kappa shape index (κ2) is 7.49. The number of alkyl halides is 1. The molecule has 1 heterocycles. The average molecular weight is 358 g/mol. The summed E-state index contributed by atoms with van der Waals surface area (Å²) >= 11 is 5.72. The van der Waals surface area contributed by atoms with Gasteiger partial charge in [-0.15, -0.1) is 11.6 Å². The van der Waals surface area contributed by atoms with Crippen LogP contribution in [0.1, 0.15) is 12.5 Å². The summed E-state index contributed by atoms with van der Waals surface area (Å²) < 4.78 is 13.0. The van der Waals surface area contributed by atoms with E-state index in [2.05, 4.69) is 15.3 Å². The predicted molar refractivity (Wildman–Crippen MR) is 96.6 cm³/mol. The molecule has 0 bridgehead atoms. The van der Waals surface area contributed by atoms with E-state index < -0.39 is 5.38 Å². The molecule has 0 radical (unpaired) electrons. The first-order chi connectivity index (χ1) is 12.0. The molecule has 0 saturated carbocycles. The molecule has 4 nitrogen and oxygen atoms in total. The highest BCUT2D eigenvalue weighted by Gasteiger charge is 2.09. The quantitative estimate of drug-likeness (QED) is 0.675. The van der Waals surface area contributed by atoms with Gasteiger partial charge < -0.3 is 10.3 Å². The maximum Gasteiger partial charge on any atom is 0.238 e. The Labute approximate surface area is 150 Å². The standard InChI is InChI=1S/C19H17ClFN3O/c1-12(20)19(25)23-10-13-2-4-15(5-3-13)18-22-11-17(24-18)14-6-8-16(21)9-7-14/h2-9,11-12H,10H2,1H3,(H,22,24)(H,23,25)/t12-/m1/s1. The van der Waals surface area contributed by atoms with Crippen LogP contribution >= 0.6 is 11.6 Å². The molecule has 0 aliphatic rings. The lowest BCUT2D eigenvalue weighted by Crippen LogP contribution is -2.28. The van der Waals surface area contributed by atoms with Gasteiger partial charge >= 0.3 is 0 Å². The van der Waals surface area contributed by atoms with Crippen molar-refractivity contribution in [1.82, 2.24) is 15.3 Å². The number of carbonyl (C=O) groups excluding carboxylic acids is 1. The molecular formula is C19H17ClFN3O. The molecule has 25 heavy (non-hydrogen) atoms. The van der Waals surface area contributed by atoms with Gasteiger partial charge in [-0.3, -0.25) is 4.79 Å². The molecule has 0 spiro atoms. The molecule has 0 saturated heterocycles. The lowest BCUT2D eigenvalue weighted by molar-refractivity contribution is -0.120. The van der Waals surface area contributed by atoms with E-state index in [0.29, 0.717) is 6.54 Å². The fourth-order valence-corrected chi connectivity index (χ4v) is 2.43. The van der Waals surface area contributed by atoms with Crippen LogP contribution in [0.4, 0.5) is 4.39 Å². The normalized spacial score (nSPS) is 12.0. The maximum absolute atomic E-state index is 13.0. The topological polar surface area (TPSA) is 57.8 Å². The Hall–Kier alpha value is -2.66. The van der Waals surface area contributed by atoms with E-state index in [-0.39, 0.29) is 11.7 Å². The number of amides is 1. The molecule has 2 aromatic carbocycles. The first-order valence-electron chi connectivity index (χ1n) is 7.85. The van der Waals surface area contributed by atoms with Crippen molar-refractivity contribution in [2.75, 3.05) is 0 Å². The number of hydrogen-bond donors (Lipinski definition) is 2. The van der Waals surface area contributed by atoms with Gasteiger partial charge in [0.2, 0.25) is 5.91 Å². The average Bonchev–Trinajstić information content (AvgIpc) is 3.10. The smallest absolute Gasteiger partial charge is 0.238 e. The van der Waals surface area contributed by atoms with E-state index >= 15 is 0 Å². The summed E-state index contributed by atoms with van der Waals surface area (Å²) in [4.78, 5) is 19.1. The molecule has 0 aliphatic heterocycles. The highest BCUT2D eigenvalue weighted by molar-refractivity contribution is 6.30. The van der Waals surface area contributed by atoms with Crippen LogP contribution in [0.2, 0.25) is 0 Å². The highest BCUT2D eigenvalue weighted by atomic mass is 35.5. The van der Waals surface area contributed by atoms with Crippen molar-refractivity contribution in [2.24, 2.45) is 0 Å². The third kappa shape index (κ3) is 4.25. The Morgan fingerprint density at radius 2 is 1.80 bits per heavy atom. The fourth-order valence-electron chi connectivity index (χ4n) is 2.35. The Bertz CT molecular complexity index is 857. The zero-order valence-corrected chi connectivity index (χ0v) is 14.3. The molecule has 0 fully saturated rings. The van der Waals surface area contributed by atoms with Crippen LogP contribution in [-0.4, -0.2) is 21.3 Å². The minimum absolute atomic E-state index is 0.194. The van der Waals surface area contributed by atoms with Gasteiger partial charge in [0.25, 0.3) is 0 Å². The summed E-state index contributed by atoms with van der Waals surface area (Å²) in [6.07, 6.45) is 1.72. The van der Waals surface area contributed by atoms with E-state index in [1.807, 2.05) is 24.3 Å². The minimum atomic E-state index is -0.549. The number of imidazole rings is 1. The number of carbonyl (C=O) groups is 1. The minimum Gasteiger partial charge on any atom is -0.351 e. The predicted octanol–water partition coefficient (Wildman–Crippen LogP) is 4.13. The van der Waals surface area contributed by atoms with Crippen molar-refractivity contribution in [3.05, 3.63) is 66.1 Å². The van der Waals surface area contributed by atoms with Crippen molar-refractivity contribution >= 4 is 17.5 Å². The molecule has 128 valence electrons. The van der Waals surface area contributed by atoms with Gasteiger partial charge in [-0.2, -0.15) is 0 Å². The zero-order valence-electron chi connectivity index (χ0n) is 13.6. The number of hydrogen-bond acceptors (Lipinski definition) is 2. The van der Waals surface area contributed by atoms with Crippen LogP contribution in [0.5, 0.6) is 0 Å². The molecule has 0 aliphatic carbocycles. The number of nitrogens with zero attached hydrogens (tertiary/aromatic N) is 1. The number of benzene rings is 2. The largest absolute Gasteiger partial charge is 0.351 e. The molecule has 3 rings (SSSR count). The van der Waals surface area contributed by atoms with Gasteiger partial charge in [-0.25, -0.2) is 9.37 Å². The molecular weight excluding hydrogens is 341 g/mol. The summed E-state index contributed by atoms with van der Waals surface area (Å²) in [5, 5.41) is 2.21.